The zero-order valence-corrected chi connectivity index (χ0v) is 16.6. The van der Waals surface area contributed by atoms with Crippen LogP contribution in [0.2, 0.25) is 0 Å². The number of ether oxygens (including phenoxy) is 2. The minimum Gasteiger partial charge on any atom is -0.493 e. The van der Waals surface area contributed by atoms with Crippen LogP contribution in [0.1, 0.15) is 36.5 Å². The van der Waals surface area contributed by atoms with E-state index < -0.39 is 0 Å². The second kappa shape index (κ2) is 7.19. The number of thiophene rings is 1. The zero-order valence-electron chi connectivity index (χ0n) is 15.7. The van der Waals surface area contributed by atoms with Gasteiger partial charge < -0.3 is 9.47 Å². The van der Waals surface area contributed by atoms with E-state index in [-0.39, 0.29) is 5.56 Å². The van der Waals surface area contributed by atoms with Crippen molar-refractivity contribution in [3.05, 3.63) is 50.9 Å². The van der Waals surface area contributed by atoms with E-state index >= 15 is 0 Å². The summed E-state index contributed by atoms with van der Waals surface area (Å²) in [6.07, 6.45) is 3.81. The number of nitrogens with zero attached hydrogens (tertiary/aromatic N) is 2. The van der Waals surface area contributed by atoms with Crippen molar-refractivity contribution in [3.63, 3.8) is 0 Å². The maximum absolute atomic E-state index is 12.8. The number of aromatic nitrogens is 2. The summed E-state index contributed by atoms with van der Waals surface area (Å²) in [6, 6.07) is 7.86. The van der Waals surface area contributed by atoms with Crippen LogP contribution in [0.4, 0.5) is 0 Å². The van der Waals surface area contributed by atoms with Crippen LogP contribution in [0, 0.1) is 0 Å². The lowest BCUT2D eigenvalue weighted by molar-refractivity contribution is 0.311. The number of allylic oxidation sites excluding steroid dienone is 1. The van der Waals surface area contributed by atoms with Crippen molar-refractivity contribution in [2.24, 2.45) is 0 Å². The van der Waals surface area contributed by atoms with Crippen molar-refractivity contribution in [1.82, 2.24) is 9.55 Å². The average molecular weight is 382 g/mol. The van der Waals surface area contributed by atoms with Gasteiger partial charge in [-0.05, 0) is 55.2 Å². The van der Waals surface area contributed by atoms with E-state index in [2.05, 4.69) is 13.0 Å². The lowest BCUT2D eigenvalue weighted by atomic mass is 10.1. The van der Waals surface area contributed by atoms with Gasteiger partial charge in [0.15, 0.2) is 11.5 Å². The van der Waals surface area contributed by atoms with Crippen molar-refractivity contribution in [3.8, 4) is 11.5 Å². The second-order valence-corrected chi connectivity index (χ2v) is 7.56. The predicted molar refractivity (Wildman–Crippen MR) is 110 cm³/mol. The minimum absolute atomic E-state index is 0.0686. The fourth-order valence-electron chi connectivity index (χ4n) is 3.43. The van der Waals surface area contributed by atoms with Gasteiger partial charge in [0.05, 0.1) is 19.1 Å². The first-order valence-corrected chi connectivity index (χ1v) is 10.0. The van der Waals surface area contributed by atoms with Crippen molar-refractivity contribution in [1.29, 1.82) is 0 Å². The van der Waals surface area contributed by atoms with E-state index in [1.807, 2.05) is 31.2 Å². The molecular formula is C21H22N2O3S. The summed E-state index contributed by atoms with van der Waals surface area (Å²) in [4.78, 5) is 19.7. The van der Waals surface area contributed by atoms with E-state index in [4.69, 9.17) is 14.5 Å². The quantitative estimate of drug-likeness (QED) is 0.657. The molecule has 3 aromatic rings. The van der Waals surface area contributed by atoms with Gasteiger partial charge in [-0.3, -0.25) is 9.36 Å². The number of fused-ring (bicyclic) bond motifs is 2. The third kappa shape index (κ3) is 3.14. The Hall–Kier alpha value is -2.60. The molecule has 0 bridgehead atoms. The van der Waals surface area contributed by atoms with E-state index in [9.17, 15) is 4.79 Å². The Kier molecular flexibility index (Phi) is 4.74. The molecule has 0 atom stereocenters. The van der Waals surface area contributed by atoms with Gasteiger partial charge in [0.1, 0.15) is 10.7 Å². The monoisotopic (exact) mass is 382 g/mol. The molecule has 5 nitrogen and oxygen atoms in total. The normalized spacial score (nSPS) is 14.7. The highest BCUT2D eigenvalue weighted by atomic mass is 32.1. The van der Waals surface area contributed by atoms with Crippen molar-refractivity contribution < 1.29 is 9.47 Å². The van der Waals surface area contributed by atoms with Crippen molar-refractivity contribution in [2.75, 3.05) is 13.7 Å². The average Bonchev–Trinajstić information content (AvgIpc) is 3.27. The maximum Gasteiger partial charge on any atom is 0.262 e. The first-order chi connectivity index (χ1) is 13.1. The largest absolute Gasteiger partial charge is 0.493 e. The second-order valence-electron chi connectivity index (χ2n) is 6.44. The molecule has 0 saturated carbocycles. The first kappa shape index (κ1) is 17.8. The zero-order chi connectivity index (χ0) is 19.0. The van der Waals surface area contributed by atoms with Gasteiger partial charge in [0, 0.05) is 11.4 Å². The number of methoxy groups -OCH3 is 1. The number of rotatable bonds is 5. The van der Waals surface area contributed by atoms with Gasteiger partial charge >= 0.3 is 0 Å². The molecule has 6 heteroatoms. The summed E-state index contributed by atoms with van der Waals surface area (Å²) in [5.74, 6) is 2.22. The lowest BCUT2D eigenvalue weighted by Gasteiger charge is -2.10. The van der Waals surface area contributed by atoms with Crippen LogP contribution in [0.15, 0.2) is 29.1 Å². The van der Waals surface area contributed by atoms with Gasteiger partial charge in [-0.2, -0.15) is 0 Å². The molecule has 1 aliphatic rings. The molecule has 27 heavy (non-hydrogen) atoms. The highest BCUT2D eigenvalue weighted by molar-refractivity contribution is 7.18. The van der Waals surface area contributed by atoms with Crippen LogP contribution in [-0.2, 0) is 13.0 Å². The lowest BCUT2D eigenvalue weighted by Crippen LogP contribution is -2.19. The fourth-order valence-corrected chi connectivity index (χ4v) is 4.38. The Morgan fingerprint density at radius 2 is 2.11 bits per heavy atom. The third-order valence-corrected chi connectivity index (χ3v) is 5.94. The number of hydrogen-bond acceptors (Lipinski definition) is 5. The van der Waals surface area contributed by atoms with Crippen molar-refractivity contribution in [2.45, 2.75) is 33.2 Å². The smallest absolute Gasteiger partial charge is 0.262 e. The standard InChI is InChI=1S/C21H22N2O3S/c1-4-15-12-16-20(27-15)22-19-14(8-9-23(19)21(16)24)10-13-6-7-17(25-3)18(11-13)26-5-2/h6-7,10-12H,4-5,8-9H2,1-3H3/b14-10+. The Bertz CT molecular complexity index is 1090. The Morgan fingerprint density at radius 1 is 1.26 bits per heavy atom. The number of aryl methyl sites for hydroxylation is 1. The summed E-state index contributed by atoms with van der Waals surface area (Å²) < 4.78 is 12.8. The molecule has 0 unspecified atom stereocenters. The topological polar surface area (TPSA) is 53.4 Å². The molecule has 0 spiro atoms. The summed E-state index contributed by atoms with van der Waals surface area (Å²) in [5, 5.41) is 0.741. The van der Waals surface area contributed by atoms with E-state index in [0.29, 0.717) is 18.9 Å². The van der Waals surface area contributed by atoms with Crippen LogP contribution in [0.3, 0.4) is 0 Å². The summed E-state index contributed by atoms with van der Waals surface area (Å²) in [7, 11) is 1.64. The van der Waals surface area contributed by atoms with Crippen LogP contribution in [0.25, 0.3) is 21.9 Å². The summed E-state index contributed by atoms with van der Waals surface area (Å²) in [5.41, 5.74) is 2.16. The molecule has 0 saturated heterocycles. The van der Waals surface area contributed by atoms with Gasteiger partial charge in [-0.15, -0.1) is 11.3 Å². The molecule has 3 heterocycles. The SMILES string of the molecule is CCOc1cc(/C=C2\CCn3c2nc2sc(CC)cc2c3=O)ccc1OC. The van der Waals surface area contributed by atoms with Crippen LogP contribution in [-0.4, -0.2) is 23.3 Å². The van der Waals surface area contributed by atoms with Crippen LogP contribution >= 0.6 is 11.3 Å². The van der Waals surface area contributed by atoms with E-state index in [0.717, 1.165) is 45.8 Å². The molecule has 0 radical (unpaired) electrons. The first-order valence-electron chi connectivity index (χ1n) is 9.19. The molecule has 0 amide bonds. The molecule has 1 aliphatic heterocycles. The Labute approximate surface area is 161 Å². The van der Waals surface area contributed by atoms with Crippen LogP contribution in [0.5, 0.6) is 11.5 Å². The molecule has 2 aromatic heterocycles. The highest BCUT2D eigenvalue weighted by Gasteiger charge is 2.22. The molecule has 1 aromatic carbocycles. The molecule has 0 fully saturated rings. The fraction of sp³-hybridized carbons (Fsp3) is 0.333. The Morgan fingerprint density at radius 3 is 2.85 bits per heavy atom. The van der Waals surface area contributed by atoms with Crippen molar-refractivity contribution >= 4 is 33.2 Å². The minimum atomic E-state index is 0.0686. The predicted octanol–water partition coefficient (Wildman–Crippen LogP) is 4.37. The van der Waals surface area contributed by atoms with Gasteiger partial charge in [0.25, 0.3) is 5.56 Å². The molecule has 0 N–H and O–H groups in total. The van der Waals surface area contributed by atoms with E-state index in [1.165, 1.54) is 4.88 Å². The number of hydrogen-bond donors (Lipinski definition) is 0. The van der Waals surface area contributed by atoms with E-state index in [1.54, 1.807) is 23.0 Å². The molecular weight excluding hydrogens is 360 g/mol. The molecule has 4 rings (SSSR count). The number of benzene rings is 1. The molecule has 140 valence electrons. The van der Waals surface area contributed by atoms with Gasteiger partial charge in [0.2, 0.25) is 0 Å². The summed E-state index contributed by atoms with van der Waals surface area (Å²) in [6.45, 7) is 5.30. The molecule has 0 aliphatic carbocycles. The van der Waals surface area contributed by atoms with Gasteiger partial charge in [-0.25, -0.2) is 4.98 Å². The highest BCUT2D eigenvalue weighted by Crippen LogP contribution is 2.33. The third-order valence-electron chi connectivity index (χ3n) is 4.77. The Balaban J connectivity index is 1.79. The maximum atomic E-state index is 12.8. The summed E-state index contributed by atoms with van der Waals surface area (Å²) >= 11 is 1.61. The van der Waals surface area contributed by atoms with Crippen LogP contribution < -0.4 is 15.0 Å². The van der Waals surface area contributed by atoms with Gasteiger partial charge in [-0.1, -0.05) is 13.0 Å².